The molecule has 1 aromatic carbocycles. The SMILES string of the molecule is COc1cc(Cn2cc(I)c3c(Cl)ncnc32)cc(OC)c1OC. The summed E-state index contributed by atoms with van der Waals surface area (Å²) < 4.78 is 19.2. The highest BCUT2D eigenvalue weighted by molar-refractivity contribution is 14.1. The fourth-order valence-electron chi connectivity index (χ4n) is 2.59. The Morgan fingerprint density at radius 3 is 2.33 bits per heavy atom. The van der Waals surface area contributed by atoms with Crippen LogP contribution in [0.25, 0.3) is 11.0 Å². The van der Waals surface area contributed by atoms with Crippen LogP contribution < -0.4 is 14.2 Å². The van der Waals surface area contributed by atoms with Crippen molar-refractivity contribution in [1.82, 2.24) is 14.5 Å². The second-order valence-corrected chi connectivity index (χ2v) is 6.52. The molecule has 0 aliphatic carbocycles. The molecule has 3 rings (SSSR count). The van der Waals surface area contributed by atoms with Crippen LogP contribution in [0.2, 0.25) is 5.15 Å². The van der Waals surface area contributed by atoms with Gasteiger partial charge in [0.05, 0.1) is 26.7 Å². The van der Waals surface area contributed by atoms with E-state index in [1.807, 2.05) is 22.9 Å². The molecule has 6 nitrogen and oxygen atoms in total. The minimum atomic E-state index is 0.452. The maximum absolute atomic E-state index is 6.19. The summed E-state index contributed by atoms with van der Waals surface area (Å²) in [6.07, 6.45) is 3.46. The van der Waals surface area contributed by atoms with E-state index in [0.29, 0.717) is 28.9 Å². The minimum absolute atomic E-state index is 0.452. The van der Waals surface area contributed by atoms with Gasteiger partial charge in [0.2, 0.25) is 5.75 Å². The summed E-state index contributed by atoms with van der Waals surface area (Å²) in [5.74, 6) is 1.80. The molecule has 0 unspecified atom stereocenters. The molecule has 0 spiro atoms. The molecular weight excluding hydrogens is 445 g/mol. The molecule has 2 heterocycles. The van der Waals surface area contributed by atoms with E-state index >= 15 is 0 Å². The lowest BCUT2D eigenvalue weighted by Gasteiger charge is -2.14. The van der Waals surface area contributed by atoms with Gasteiger partial charge in [-0.1, -0.05) is 11.6 Å². The Hall–Kier alpha value is -1.74. The average molecular weight is 460 g/mol. The molecule has 2 aromatic heterocycles. The van der Waals surface area contributed by atoms with Gasteiger partial charge in [-0.15, -0.1) is 0 Å². The third kappa shape index (κ3) is 2.98. The van der Waals surface area contributed by atoms with Gasteiger partial charge >= 0.3 is 0 Å². The number of nitrogens with zero attached hydrogens (tertiary/aromatic N) is 3. The van der Waals surface area contributed by atoms with Gasteiger partial charge in [0, 0.05) is 16.3 Å². The summed E-state index contributed by atoms with van der Waals surface area (Å²) in [6, 6.07) is 3.84. The van der Waals surface area contributed by atoms with Crippen molar-refractivity contribution in [3.05, 3.63) is 38.9 Å². The highest BCUT2D eigenvalue weighted by Gasteiger charge is 2.16. The van der Waals surface area contributed by atoms with Gasteiger partial charge in [-0.3, -0.25) is 0 Å². The van der Waals surface area contributed by atoms with Crippen LogP contribution in [0.4, 0.5) is 0 Å². The fraction of sp³-hybridized carbons (Fsp3) is 0.250. The van der Waals surface area contributed by atoms with E-state index in [-0.39, 0.29) is 0 Å². The molecule has 0 aliphatic heterocycles. The fourth-order valence-corrected chi connectivity index (χ4v) is 3.81. The van der Waals surface area contributed by atoms with E-state index in [2.05, 4.69) is 32.6 Å². The second-order valence-electron chi connectivity index (χ2n) is 5.00. The zero-order valence-electron chi connectivity index (χ0n) is 13.3. The normalized spacial score (nSPS) is 10.9. The van der Waals surface area contributed by atoms with Crippen molar-refractivity contribution in [1.29, 1.82) is 0 Å². The molecule has 126 valence electrons. The van der Waals surface area contributed by atoms with Crippen molar-refractivity contribution < 1.29 is 14.2 Å². The Bertz CT molecular complexity index is 873. The molecule has 0 saturated carbocycles. The van der Waals surface area contributed by atoms with Gasteiger partial charge in [0.15, 0.2) is 11.5 Å². The lowest BCUT2D eigenvalue weighted by Crippen LogP contribution is -2.02. The van der Waals surface area contributed by atoms with Gasteiger partial charge in [0.25, 0.3) is 0 Å². The Kier molecular flexibility index (Phi) is 5.00. The number of halogens is 2. The third-order valence-electron chi connectivity index (χ3n) is 3.64. The number of ether oxygens (including phenoxy) is 3. The van der Waals surface area contributed by atoms with E-state index in [4.69, 9.17) is 25.8 Å². The molecule has 0 saturated heterocycles. The topological polar surface area (TPSA) is 58.4 Å². The van der Waals surface area contributed by atoms with Gasteiger partial charge in [-0.05, 0) is 40.3 Å². The van der Waals surface area contributed by atoms with Crippen LogP contribution in [-0.2, 0) is 6.54 Å². The Morgan fingerprint density at radius 1 is 1.08 bits per heavy atom. The first kappa shape index (κ1) is 17.1. The Morgan fingerprint density at radius 2 is 1.75 bits per heavy atom. The first-order chi connectivity index (χ1) is 11.6. The van der Waals surface area contributed by atoms with Crippen molar-refractivity contribution in [2.24, 2.45) is 0 Å². The number of aromatic nitrogens is 3. The van der Waals surface area contributed by atoms with Crippen molar-refractivity contribution >= 4 is 45.2 Å². The maximum Gasteiger partial charge on any atom is 0.203 e. The first-order valence-corrected chi connectivity index (χ1v) is 8.48. The van der Waals surface area contributed by atoms with E-state index < -0.39 is 0 Å². The predicted molar refractivity (Wildman–Crippen MR) is 100 cm³/mol. The first-order valence-electron chi connectivity index (χ1n) is 7.02. The van der Waals surface area contributed by atoms with E-state index in [1.54, 1.807) is 21.3 Å². The highest BCUT2D eigenvalue weighted by Crippen LogP contribution is 2.38. The summed E-state index contributed by atoms with van der Waals surface area (Å²) in [6.45, 7) is 0.587. The van der Waals surface area contributed by atoms with E-state index in [9.17, 15) is 0 Å². The monoisotopic (exact) mass is 459 g/mol. The van der Waals surface area contributed by atoms with Crippen LogP contribution in [0.5, 0.6) is 17.2 Å². The summed E-state index contributed by atoms with van der Waals surface area (Å²) in [5.41, 5.74) is 1.78. The smallest absolute Gasteiger partial charge is 0.203 e. The number of fused-ring (bicyclic) bond motifs is 1. The second kappa shape index (κ2) is 7.02. The summed E-state index contributed by atoms with van der Waals surface area (Å²) in [5, 5.41) is 1.31. The summed E-state index contributed by atoms with van der Waals surface area (Å²) >= 11 is 8.42. The van der Waals surface area contributed by atoms with Crippen molar-refractivity contribution in [2.45, 2.75) is 6.54 Å². The Balaban J connectivity index is 2.08. The number of methoxy groups -OCH3 is 3. The summed E-state index contributed by atoms with van der Waals surface area (Å²) in [4.78, 5) is 8.40. The number of hydrogen-bond acceptors (Lipinski definition) is 5. The predicted octanol–water partition coefficient (Wildman–Crippen LogP) is 3.76. The zero-order chi connectivity index (χ0) is 17.3. The number of rotatable bonds is 5. The van der Waals surface area contributed by atoms with Crippen LogP contribution in [0.3, 0.4) is 0 Å². The lowest BCUT2D eigenvalue weighted by molar-refractivity contribution is 0.323. The van der Waals surface area contributed by atoms with Crippen LogP contribution in [-0.4, -0.2) is 35.9 Å². The molecule has 0 atom stereocenters. The average Bonchev–Trinajstić information content (AvgIpc) is 2.91. The number of hydrogen-bond donors (Lipinski definition) is 0. The summed E-state index contributed by atoms with van der Waals surface area (Å²) in [7, 11) is 4.78. The highest BCUT2D eigenvalue weighted by atomic mass is 127. The molecule has 0 bridgehead atoms. The van der Waals surface area contributed by atoms with Crippen molar-refractivity contribution in [3.8, 4) is 17.2 Å². The van der Waals surface area contributed by atoms with Crippen molar-refractivity contribution in [3.63, 3.8) is 0 Å². The van der Waals surface area contributed by atoms with Crippen LogP contribution in [0.15, 0.2) is 24.7 Å². The molecule has 3 aromatic rings. The minimum Gasteiger partial charge on any atom is -0.493 e. The third-order valence-corrected chi connectivity index (χ3v) is 4.74. The molecule has 8 heteroatoms. The number of benzene rings is 1. The largest absolute Gasteiger partial charge is 0.493 e. The molecule has 0 aliphatic rings. The van der Waals surface area contributed by atoms with Crippen molar-refractivity contribution in [2.75, 3.05) is 21.3 Å². The zero-order valence-corrected chi connectivity index (χ0v) is 16.3. The lowest BCUT2D eigenvalue weighted by atomic mass is 10.1. The molecule has 0 radical (unpaired) electrons. The van der Waals surface area contributed by atoms with Crippen LogP contribution in [0, 0.1) is 3.57 Å². The van der Waals surface area contributed by atoms with Gasteiger partial charge < -0.3 is 18.8 Å². The standard InChI is InChI=1S/C16H15ClIN3O3/c1-22-11-4-9(5-12(23-2)14(11)24-3)6-21-7-10(18)13-15(17)19-8-20-16(13)21/h4-5,7-8H,6H2,1-3H3. The van der Waals surface area contributed by atoms with Gasteiger partial charge in [0.1, 0.15) is 17.1 Å². The van der Waals surface area contributed by atoms with Gasteiger partial charge in [-0.2, -0.15) is 0 Å². The van der Waals surface area contributed by atoms with E-state index in [0.717, 1.165) is 20.2 Å². The maximum atomic E-state index is 6.19. The molecular formula is C16H15ClIN3O3. The molecule has 24 heavy (non-hydrogen) atoms. The van der Waals surface area contributed by atoms with E-state index in [1.165, 1.54) is 6.33 Å². The quantitative estimate of drug-likeness (QED) is 0.429. The van der Waals surface area contributed by atoms with Crippen LogP contribution >= 0.6 is 34.2 Å². The molecule has 0 fully saturated rings. The molecule has 0 amide bonds. The van der Waals surface area contributed by atoms with Gasteiger partial charge in [-0.25, -0.2) is 9.97 Å². The Labute approximate surface area is 157 Å². The van der Waals surface area contributed by atoms with Crippen LogP contribution in [0.1, 0.15) is 5.56 Å². The molecule has 0 N–H and O–H groups in total.